The lowest BCUT2D eigenvalue weighted by molar-refractivity contribution is 0.0921. The summed E-state index contributed by atoms with van der Waals surface area (Å²) in [4.78, 5) is 11.0. The summed E-state index contributed by atoms with van der Waals surface area (Å²) < 4.78 is 10.5. The summed E-state index contributed by atoms with van der Waals surface area (Å²) in [6.07, 6.45) is -0.143. The molecule has 0 aromatic heterocycles. The molecule has 1 aromatic carbocycles. The molecule has 0 heterocycles. The molecule has 0 bridgehead atoms. The number of hydrogen-bond acceptors (Lipinski definition) is 4. The quantitative estimate of drug-likeness (QED) is 0.723. The van der Waals surface area contributed by atoms with E-state index in [2.05, 4.69) is 0 Å². The SMILES string of the molecule is COCC(C)Oc1cc(C(N)=O)ccc1N. The highest BCUT2D eigenvalue weighted by atomic mass is 16.5. The molecule has 0 aliphatic heterocycles. The number of benzene rings is 1. The van der Waals surface area contributed by atoms with Crippen molar-refractivity contribution in [3.05, 3.63) is 23.8 Å². The van der Waals surface area contributed by atoms with Gasteiger partial charge in [-0.25, -0.2) is 0 Å². The Morgan fingerprint density at radius 3 is 2.75 bits per heavy atom. The minimum Gasteiger partial charge on any atom is -0.486 e. The first-order chi connectivity index (χ1) is 7.54. The normalized spacial score (nSPS) is 12.1. The van der Waals surface area contributed by atoms with Crippen molar-refractivity contribution in [3.63, 3.8) is 0 Å². The molecule has 5 nitrogen and oxygen atoms in total. The highest BCUT2D eigenvalue weighted by Crippen LogP contribution is 2.23. The topological polar surface area (TPSA) is 87.6 Å². The average Bonchev–Trinajstić information content (AvgIpc) is 2.21. The fraction of sp³-hybridized carbons (Fsp3) is 0.364. The maximum Gasteiger partial charge on any atom is 0.248 e. The van der Waals surface area contributed by atoms with Crippen LogP contribution < -0.4 is 16.2 Å². The lowest BCUT2D eigenvalue weighted by Crippen LogP contribution is -2.19. The first-order valence-electron chi connectivity index (χ1n) is 4.89. The number of carbonyl (C=O) groups is 1. The Hall–Kier alpha value is -1.75. The molecule has 1 aromatic rings. The fourth-order valence-corrected chi connectivity index (χ4v) is 1.28. The number of rotatable bonds is 5. The van der Waals surface area contributed by atoms with Gasteiger partial charge in [0.25, 0.3) is 0 Å². The van der Waals surface area contributed by atoms with Gasteiger partial charge in [-0.05, 0) is 25.1 Å². The molecule has 1 unspecified atom stereocenters. The van der Waals surface area contributed by atoms with E-state index in [1.807, 2.05) is 6.92 Å². The van der Waals surface area contributed by atoms with Crippen molar-refractivity contribution in [2.75, 3.05) is 19.5 Å². The Morgan fingerprint density at radius 2 is 2.19 bits per heavy atom. The van der Waals surface area contributed by atoms with Crippen LogP contribution in [0, 0.1) is 0 Å². The van der Waals surface area contributed by atoms with Crippen LogP contribution in [0.4, 0.5) is 5.69 Å². The van der Waals surface area contributed by atoms with E-state index < -0.39 is 5.91 Å². The first kappa shape index (κ1) is 12.3. The van der Waals surface area contributed by atoms with Crippen molar-refractivity contribution in [1.29, 1.82) is 0 Å². The molecular formula is C11H16N2O3. The van der Waals surface area contributed by atoms with Crippen LogP contribution in [-0.4, -0.2) is 25.7 Å². The van der Waals surface area contributed by atoms with Crippen LogP contribution in [0.25, 0.3) is 0 Å². The summed E-state index contributed by atoms with van der Waals surface area (Å²) in [5.74, 6) is -0.0647. The molecule has 16 heavy (non-hydrogen) atoms. The Bertz CT molecular complexity index is 379. The molecule has 0 radical (unpaired) electrons. The van der Waals surface area contributed by atoms with Gasteiger partial charge in [-0.1, -0.05) is 0 Å². The van der Waals surface area contributed by atoms with Crippen LogP contribution in [0.2, 0.25) is 0 Å². The molecule has 0 spiro atoms. The molecule has 1 atom stereocenters. The van der Waals surface area contributed by atoms with Gasteiger partial charge in [-0.15, -0.1) is 0 Å². The zero-order chi connectivity index (χ0) is 12.1. The van der Waals surface area contributed by atoms with E-state index in [1.54, 1.807) is 19.2 Å². The summed E-state index contributed by atoms with van der Waals surface area (Å²) >= 11 is 0. The molecule has 5 heteroatoms. The third-order valence-electron chi connectivity index (χ3n) is 2.03. The standard InChI is InChI=1S/C11H16N2O3/c1-7(6-15-2)16-10-5-8(11(13)14)3-4-9(10)12/h3-5,7H,6,12H2,1-2H3,(H2,13,14). The van der Waals surface area contributed by atoms with E-state index in [-0.39, 0.29) is 6.10 Å². The Labute approximate surface area is 94.3 Å². The molecule has 88 valence electrons. The minimum atomic E-state index is -0.510. The Kier molecular flexibility index (Phi) is 4.13. The molecule has 1 amide bonds. The van der Waals surface area contributed by atoms with E-state index in [4.69, 9.17) is 20.9 Å². The van der Waals surface area contributed by atoms with E-state index in [0.29, 0.717) is 23.6 Å². The number of amides is 1. The van der Waals surface area contributed by atoms with Gasteiger partial charge in [0.15, 0.2) is 0 Å². The lowest BCUT2D eigenvalue weighted by atomic mass is 10.2. The number of carbonyl (C=O) groups excluding carboxylic acids is 1. The second-order valence-corrected chi connectivity index (χ2v) is 3.50. The monoisotopic (exact) mass is 224 g/mol. The van der Waals surface area contributed by atoms with Crippen molar-refractivity contribution in [2.45, 2.75) is 13.0 Å². The first-order valence-corrected chi connectivity index (χ1v) is 4.89. The van der Waals surface area contributed by atoms with Crippen LogP contribution in [0.15, 0.2) is 18.2 Å². The van der Waals surface area contributed by atoms with Crippen LogP contribution in [0.5, 0.6) is 5.75 Å². The van der Waals surface area contributed by atoms with Crippen LogP contribution >= 0.6 is 0 Å². The largest absolute Gasteiger partial charge is 0.486 e. The van der Waals surface area contributed by atoms with Crippen molar-refractivity contribution >= 4 is 11.6 Å². The molecule has 0 aliphatic carbocycles. The summed E-state index contributed by atoms with van der Waals surface area (Å²) in [7, 11) is 1.59. The minimum absolute atomic E-state index is 0.143. The number of nitrogen functional groups attached to an aromatic ring is 1. The lowest BCUT2D eigenvalue weighted by Gasteiger charge is -2.15. The van der Waals surface area contributed by atoms with Crippen LogP contribution in [-0.2, 0) is 4.74 Å². The average molecular weight is 224 g/mol. The molecule has 0 saturated carbocycles. The Morgan fingerprint density at radius 1 is 1.50 bits per heavy atom. The van der Waals surface area contributed by atoms with Gasteiger partial charge in [0, 0.05) is 12.7 Å². The molecular weight excluding hydrogens is 208 g/mol. The maximum atomic E-state index is 11.0. The number of nitrogens with two attached hydrogens (primary N) is 2. The second kappa shape index (κ2) is 5.37. The number of hydrogen-bond donors (Lipinski definition) is 2. The van der Waals surface area contributed by atoms with E-state index in [1.165, 1.54) is 6.07 Å². The fourth-order valence-electron chi connectivity index (χ4n) is 1.28. The van der Waals surface area contributed by atoms with E-state index in [9.17, 15) is 4.79 Å². The summed E-state index contributed by atoms with van der Waals surface area (Å²) in [5, 5.41) is 0. The van der Waals surface area contributed by atoms with Gasteiger partial charge < -0.3 is 20.9 Å². The van der Waals surface area contributed by atoms with Gasteiger partial charge in [0.2, 0.25) is 5.91 Å². The summed E-state index contributed by atoms with van der Waals surface area (Å²) in [5.41, 5.74) is 11.7. The highest BCUT2D eigenvalue weighted by Gasteiger charge is 2.09. The van der Waals surface area contributed by atoms with Gasteiger partial charge in [0.1, 0.15) is 11.9 Å². The number of methoxy groups -OCH3 is 1. The van der Waals surface area contributed by atoms with Crippen LogP contribution in [0.1, 0.15) is 17.3 Å². The van der Waals surface area contributed by atoms with Crippen LogP contribution in [0.3, 0.4) is 0 Å². The van der Waals surface area contributed by atoms with Gasteiger partial charge >= 0.3 is 0 Å². The highest BCUT2D eigenvalue weighted by molar-refractivity contribution is 5.93. The molecule has 0 aliphatic rings. The van der Waals surface area contributed by atoms with E-state index >= 15 is 0 Å². The number of ether oxygens (including phenoxy) is 2. The van der Waals surface area contributed by atoms with Crippen molar-refractivity contribution in [1.82, 2.24) is 0 Å². The number of anilines is 1. The molecule has 4 N–H and O–H groups in total. The predicted octanol–water partition coefficient (Wildman–Crippen LogP) is 0.781. The summed E-state index contributed by atoms with van der Waals surface area (Å²) in [6.45, 7) is 2.29. The van der Waals surface area contributed by atoms with E-state index in [0.717, 1.165) is 0 Å². The number of primary amides is 1. The summed E-state index contributed by atoms with van der Waals surface area (Å²) in [6, 6.07) is 4.68. The van der Waals surface area contributed by atoms with Gasteiger partial charge in [0.05, 0.1) is 12.3 Å². The third-order valence-corrected chi connectivity index (χ3v) is 2.03. The van der Waals surface area contributed by atoms with Crippen molar-refractivity contribution in [2.24, 2.45) is 5.73 Å². The van der Waals surface area contributed by atoms with Crippen molar-refractivity contribution in [3.8, 4) is 5.75 Å². The smallest absolute Gasteiger partial charge is 0.248 e. The van der Waals surface area contributed by atoms with Gasteiger partial charge in [-0.3, -0.25) is 4.79 Å². The third kappa shape index (κ3) is 3.13. The maximum absolute atomic E-state index is 11.0. The second-order valence-electron chi connectivity index (χ2n) is 3.50. The van der Waals surface area contributed by atoms with Gasteiger partial charge in [-0.2, -0.15) is 0 Å². The predicted molar refractivity (Wildman–Crippen MR) is 61.3 cm³/mol. The zero-order valence-electron chi connectivity index (χ0n) is 9.40. The zero-order valence-corrected chi connectivity index (χ0v) is 9.40. The molecule has 1 rings (SSSR count). The van der Waals surface area contributed by atoms with Crippen molar-refractivity contribution < 1.29 is 14.3 Å². The Balaban J connectivity index is 2.85. The molecule has 0 fully saturated rings. The molecule has 0 saturated heterocycles.